The smallest absolute Gasteiger partial charge is 0.217 e. The largest absolute Gasteiger partial charge is 0.497 e. The molecule has 0 unspecified atom stereocenters. The molecule has 6 heteroatoms. The lowest BCUT2D eigenvalue weighted by Crippen LogP contribution is -2.36. The third kappa shape index (κ3) is 3.85. The van der Waals surface area contributed by atoms with Crippen molar-refractivity contribution in [2.75, 3.05) is 25.1 Å². The van der Waals surface area contributed by atoms with E-state index in [9.17, 15) is 4.79 Å². The Morgan fingerprint density at radius 3 is 2.57 bits per heavy atom. The minimum absolute atomic E-state index is 0.223. The maximum Gasteiger partial charge on any atom is 0.217 e. The van der Waals surface area contributed by atoms with Gasteiger partial charge < -0.3 is 21.1 Å². The Morgan fingerprint density at radius 2 is 2.05 bits per heavy atom. The minimum Gasteiger partial charge on any atom is -0.497 e. The summed E-state index contributed by atoms with van der Waals surface area (Å²) in [6.07, 6.45) is 2.35. The Kier molecular flexibility index (Phi) is 5.01. The standard InChI is InChI=1S/C15H21N3O2S/c1-20-11-2-3-12(15(17)21)13(9-11)18-6-4-10(5-7-18)8-14(16)19/h2-3,9-10H,4-8H2,1H3,(H2,16,19)(H2,17,21). The fraction of sp³-hybridized carbons (Fsp3) is 0.467. The van der Waals surface area contributed by atoms with Gasteiger partial charge in [-0.15, -0.1) is 0 Å². The molecule has 1 saturated heterocycles. The van der Waals surface area contributed by atoms with Gasteiger partial charge in [-0.25, -0.2) is 0 Å². The van der Waals surface area contributed by atoms with Gasteiger partial charge in [0, 0.05) is 31.1 Å². The van der Waals surface area contributed by atoms with Crippen LogP contribution in [0.2, 0.25) is 0 Å². The molecule has 1 aliphatic rings. The lowest BCUT2D eigenvalue weighted by molar-refractivity contribution is -0.119. The second-order valence-electron chi connectivity index (χ2n) is 5.35. The molecule has 4 N–H and O–H groups in total. The molecule has 2 rings (SSSR count). The lowest BCUT2D eigenvalue weighted by atomic mass is 9.92. The summed E-state index contributed by atoms with van der Waals surface area (Å²) in [5.74, 6) is 0.931. The van der Waals surface area contributed by atoms with E-state index in [1.165, 1.54) is 0 Å². The first kappa shape index (κ1) is 15.6. The Morgan fingerprint density at radius 1 is 1.38 bits per heavy atom. The molecule has 5 nitrogen and oxygen atoms in total. The number of hydrogen-bond donors (Lipinski definition) is 2. The number of carbonyl (C=O) groups excluding carboxylic acids is 1. The summed E-state index contributed by atoms with van der Waals surface area (Å²) in [7, 11) is 1.64. The predicted octanol–water partition coefficient (Wildman–Crippen LogP) is 1.42. The Hall–Kier alpha value is -1.82. The van der Waals surface area contributed by atoms with Crippen LogP contribution in [0.1, 0.15) is 24.8 Å². The van der Waals surface area contributed by atoms with Crippen LogP contribution in [0.4, 0.5) is 5.69 Å². The van der Waals surface area contributed by atoms with Gasteiger partial charge in [0.25, 0.3) is 0 Å². The normalized spacial score (nSPS) is 15.8. The van der Waals surface area contributed by atoms with E-state index in [1.807, 2.05) is 18.2 Å². The number of rotatable bonds is 5. The summed E-state index contributed by atoms with van der Waals surface area (Å²) >= 11 is 5.13. The molecule has 1 aliphatic heterocycles. The van der Waals surface area contributed by atoms with Crippen molar-refractivity contribution in [1.82, 2.24) is 0 Å². The summed E-state index contributed by atoms with van der Waals surface area (Å²) < 4.78 is 5.28. The maximum atomic E-state index is 11.0. The molecule has 0 radical (unpaired) electrons. The van der Waals surface area contributed by atoms with Gasteiger partial charge in [-0.1, -0.05) is 12.2 Å². The highest BCUT2D eigenvalue weighted by atomic mass is 32.1. The van der Waals surface area contributed by atoms with Gasteiger partial charge in [0.2, 0.25) is 5.91 Å². The number of methoxy groups -OCH3 is 1. The molecule has 0 aromatic heterocycles. The molecular weight excluding hydrogens is 286 g/mol. The number of hydrogen-bond acceptors (Lipinski definition) is 4. The minimum atomic E-state index is -0.223. The number of piperidine rings is 1. The van der Waals surface area contributed by atoms with Gasteiger partial charge in [-0.05, 0) is 30.9 Å². The van der Waals surface area contributed by atoms with E-state index in [2.05, 4.69) is 4.90 Å². The van der Waals surface area contributed by atoms with E-state index >= 15 is 0 Å². The average Bonchev–Trinajstić information content (AvgIpc) is 2.46. The second-order valence-corrected chi connectivity index (χ2v) is 5.79. The summed E-state index contributed by atoms with van der Waals surface area (Å²) in [6, 6.07) is 5.72. The molecular formula is C15H21N3O2S. The predicted molar refractivity (Wildman–Crippen MR) is 87.6 cm³/mol. The number of anilines is 1. The van der Waals surface area contributed by atoms with Crippen molar-refractivity contribution in [3.8, 4) is 5.75 Å². The van der Waals surface area contributed by atoms with Gasteiger partial charge in [-0.3, -0.25) is 4.79 Å². The third-order valence-corrected chi connectivity index (χ3v) is 4.14. The van der Waals surface area contributed by atoms with Crippen LogP contribution in [0.3, 0.4) is 0 Å². The van der Waals surface area contributed by atoms with Crippen LogP contribution in [-0.2, 0) is 4.79 Å². The monoisotopic (exact) mass is 307 g/mol. The fourth-order valence-corrected chi connectivity index (χ4v) is 2.94. The zero-order chi connectivity index (χ0) is 15.4. The SMILES string of the molecule is COc1ccc(C(N)=S)c(N2CCC(CC(N)=O)CC2)c1. The van der Waals surface area contributed by atoms with Crippen LogP contribution in [0.25, 0.3) is 0 Å². The molecule has 1 heterocycles. The van der Waals surface area contributed by atoms with Crippen molar-refractivity contribution in [2.24, 2.45) is 17.4 Å². The van der Waals surface area contributed by atoms with Gasteiger partial charge in [0.1, 0.15) is 10.7 Å². The Bertz CT molecular complexity index is 540. The highest BCUT2D eigenvalue weighted by molar-refractivity contribution is 7.80. The molecule has 0 aliphatic carbocycles. The number of primary amides is 1. The van der Waals surface area contributed by atoms with Crippen molar-refractivity contribution in [1.29, 1.82) is 0 Å². The van der Waals surface area contributed by atoms with Gasteiger partial charge in [0.05, 0.1) is 12.8 Å². The van der Waals surface area contributed by atoms with Crippen LogP contribution in [0, 0.1) is 5.92 Å². The molecule has 21 heavy (non-hydrogen) atoms. The quantitative estimate of drug-likeness (QED) is 0.804. The van der Waals surface area contributed by atoms with E-state index < -0.39 is 0 Å². The van der Waals surface area contributed by atoms with E-state index in [-0.39, 0.29) is 5.91 Å². The topological polar surface area (TPSA) is 81.6 Å². The molecule has 0 spiro atoms. The van der Waals surface area contributed by atoms with Crippen LogP contribution in [0.15, 0.2) is 18.2 Å². The molecule has 1 aromatic rings. The Labute approximate surface area is 130 Å². The summed E-state index contributed by atoms with van der Waals surface area (Å²) in [5, 5.41) is 0. The number of thiocarbonyl (C=S) groups is 1. The number of amides is 1. The first-order valence-electron chi connectivity index (χ1n) is 7.02. The van der Waals surface area contributed by atoms with E-state index in [0.717, 1.165) is 42.9 Å². The maximum absolute atomic E-state index is 11.0. The average molecular weight is 307 g/mol. The number of nitrogens with zero attached hydrogens (tertiary/aromatic N) is 1. The van der Waals surface area contributed by atoms with Crippen molar-refractivity contribution in [3.63, 3.8) is 0 Å². The highest BCUT2D eigenvalue weighted by Gasteiger charge is 2.23. The van der Waals surface area contributed by atoms with Crippen LogP contribution < -0.4 is 21.1 Å². The molecule has 1 amide bonds. The van der Waals surface area contributed by atoms with Crippen molar-refractivity contribution >= 4 is 28.8 Å². The second kappa shape index (κ2) is 6.76. The van der Waals surface area contributed by atoms with Crippen molar-refractivity contribution in [3.05, 3.63) is 23.8 Å². The van der Waals surface area contributed by atoms with E-state index in [1.54, 1.807) is 7.11 Å². The molecule has 114 valence electrons. The number of benzene rings is 1. The van der Waals surface area contributed by atoms with E-state index in [0.29, 0.717) is 17.3 Å². The molecule has 0 atom stereocenters. The number of nitrogens with two attached hydrogens (primary N) is 2. The number of ether oxygens (including phenoxy) is 1. The zero-order valence-corrected chi connectivity index (χ0v) is 13.0. The van der Waals surface area contributed by atoms with Crippen molar-refractivity contribution < 1.29 is 9.53 Å². The molecule has 1 fully saturated rings. The lowest BCUT2D eigenvalue weighted by Gasteiger charge is -2.34. The first-order chi connectivity index (χ1) is 10.0. The van der Waals surface area contributed by atoms with Gasteiger partial charge in [0.15, 0.2) is 0 Å². The Balaban J connectivity index is 2.15. The van der Waals surface area contributed by atoms with Crippen LogP contribution in [-0.4, -0.2) is 31.1 Å². The molecule has 0 bridgehead atoms. The van der Waals surface area contributed by atoms with Crippen molar-refractivity contribution in [2.45, 2.75) is 19.3 Å². The van der Waals surface area contributed by atoms with Gasteiger partial charge >= 0.3 is 0 Å². The summed E-state index contributed by atoms with van der Waals surface area (Å²) in [4.78, 5) is 13.6. The van der Waals surface area contributed by atoms with Crippen LogP contribution >= 0.6 is 12.2 Å². The van der Waals surface area contributed by atoms with Gasteiger partial charge in [-0.2, -0.15) is 0 Å². The summed E-state index contributed by atoms with van der Waals surface area (Å²) in [5.41, 5.74) is 12.9. The first-order valence-corrected chi connectivity index (χ1v) is 7.43. The summed E-state index contributed by atoms with van der Waals surface area (Å²) in [6.45, 7) is 1.72. The molecule has 1 aromatic carbocycles. The molecule has 0 saturated carbocycles. The zero-order valence-electron chi connectivity index (χ0n) is 12.2. The third-order valence-electron chi connectivity index (χ3n) is 3.92. The highest BCUT2D eigenvalue weighted by Crippen LogP contribution is 2.30. The van der Waals surface area contributed by atoms with E-state index in [4.69, 9.17) is 28.4 Å². The fourth-order valence-electron chi connectivity index (χ4n) is 2.77. The number of carbonyl (C=O) groups is 1. The van der Waals surface area contributed by atoms with Crippen LogP contribution in [0.5, 0.6) is 5.75 Å².